The van der Waals surface area contributed by atoms with Gasteiger partial charge >= 0.3 is 0 Å². The molecule has 0 spiro atoms. The van der Waals surface area contributed by atoms with Crippen LogP contribution < -0.4 is 0 Å². The Morgan fingerprint density at radius 2 is 2.20 bits per heavy atom. The van der Waals surface area contributed by atoms with Crippen LogP contribution in [0.4, 0.5) is 4.39 Å². The number of hydrogen-bond donors (Lipinski definition) is 2. The zero-order valence-corrected chi connectivity index (χ0v) is 5.70. The van der Waals surface area contributed by atoms with Crippen molar-refractivity contribution < 1.29 is 19.3 Å². The van der Waals surface area contributed by atoms with Crippen LogP contribution in [0.15, 0.2) is 0 Å². The number of ether oxygens (including phenoxy) is 1. The lowest BCUT2D eigenvalue weighted by Crippen LogP contribution is -2.30. The molecular weight excluding hydrogens is 138 g/mol. The van der Waals surface area contributed by atoms with Gasteiger partial charge in [-0.2, -0.15) is 0 Å². The van der Waals surface area contributed by atoms with Gasteiger partial charge in [0.15, 0.2) is 0 Å². The summed E-state index contributed by atoms with van der Waals surface area (Å²) in [5, 5.41) is 17.5. The fourth-order valence-electron chi connectivity index (χ4n) is 1.07. The van der Waals surface area contributed by atoms with Gasteiger partial charge in [-0.1, -0.05) is 0 Å². The molecule has 1 aliphatic heterocycles. The summed E-state index contributed by atoms with van der Waals surface area (Å²) in [4.78, 5) is 0. The summed E-state index contributed by atoms with van der Waals surface area (Å²) < 4.78 is 17.5. The summed E-state index contributed by atoms with van der Waals surface area (Å²) in [6.07, 6.45) is -3.28. The summed E-state index contributed by atoms with van der Waals surface area (Å²) in [6.45, 7) is -0.327. The number of hydrogen-bond acceptors (Lipinski definition) is 3. The highest BCUT2D eigenvalue weighted by Crippen LogP contribution is 2.21. The van der Waals surface area contributed by atoms with Crippen LogP contribution in [-0.4, -0.2) is 49.0 Å². The van der Waals surface area contributed by atoms with Crippen LogP contribution in [0.2, 0.25) is 0 Å². The van der Waals surface area contributed by atoms with E-state index in [0.29, 0.717) is 0 Å². The van der Waals surface area contributed by atoms with Crippen LogP contribution in [0.5, 0.6) is 0 Å². The Labute approximate surface area is 59.2 Å². The van der Waals surface area contributed by atoms with E-state index in [1.807, 2.05) is 0 Å². The lowest BCUT2D eigenvalue weighted by molar-refractivity contribution is -0.00566. The third kappa shape index (κ3) is 1.16. The summed E-state index contributed by atoms with van der Waals surface area (Å²) in [6, 6.07) is -0.604. The molecule has 3 unspecified atom stereocenters. The molecule has 1 heterocycles. The van der Waals surface area contributed by atoms with Crippen LogP contribution in [0.3, 0.4) is 0 Å². The van der Waals surface area contributed by atoms with Crippen molar-refractivity contribution in [2.45, 2.75) is 24.4 Å². The highest BCUT2D eigenvalue weighted by Gasteiger charge is 2.40. The van der Waals surface area contributed by atoms with Crippen molar-refractivity contribution in [3.63, 3.8) is 0 Å². The minimum atomic E-state index is -1.36. The topological polar surface area (TPSA) is 49.7 Å². The fourth-order valence-corrected chi connectivity index (χ4v) is 1.07. The Hall–Kier alpha value is -0.125. The van der Waals surface area contributed by atoms with E-state index in [1.165, 1.54) is 7.85 Å². The minimum absolute atomic E-state index is 0.327. The van der Waals surface area contributed by atoms with Crippen molar-refractivity contribution in [2.75, 3.05) is 6.61 Å². The number of aliphatic hydroxyl groups is 2. The second-order valence-corrected chi connectivity index (χ2v) is 2.50. The standard InChI is InChI=1S/C5H10BFO3/c6-5-3(7)4(9)2(1-8)10-5/h2-5,8-9H,1,6H2/t2?,3?,4-,5?/m1/s1. The average molecular weight is 148 g/mol. The highest BCUT2D eigenvalue weighted by molar-refractivity contribution is 6.11. The first-order valence-electron chi connectivity index (χ1n) is 3.25. The minimum Gasteiger partial charge on any atom is -0.394 e. The normalized spacial score (nSPS) is 47.9. The largest absolute Gasteiger partial charge is 0.394 e. The Balaban J connectivity index is 2.53. The first kappa shape index (κ1) is 7.98. The van der Waals surface area contributed by atoms with Gasteiger partial charge in [0.05, 0.1) is 12.6 Å². The lowest BCUT2D eigenvalue weighted by Gasteiger charge is -2.09. The summed E-state index contributed by atoms with van der Waals surface area (Å²) >= 11 is 0. The van der Waals surface area contributed by atoms with E-state index in [9.17, 15) is 4.39 Å². The molecular formula is C5H10BFO3. The van der Waals surface area contributed by atoms with E-state index < -0.39 is 24.4 Å². The zero-order chi connectivity index (χ0) is 7.72. The molecule has 3 nitrogen and oxygen atoms in total. The van der Waals surface area contributed by atoms with E-state index in [0.717, 1.165) is 0 Å². The first-order valence-corrected chi connectivity index (χ1v) is 3.25. The van der Waals surface area contributed by atoms with Crippen LogP contribution in [0.25, 0.3) is 0 Å². The van der Waals surface area contributed by atoms with Gasteiger partial charge in [0, 0.05) is 0 Å². The Bertz CT molecular complexity index is 123. The Morgan fingerprint density at radius 1 is 1.60 bits per heavy atom. The zero-order valence-electron chi connectivity index (χ0n) is 5.70. The smallest absolute Gasteiger partial charge is 0.147 e. The Kier molecular flexibility index (Phi) is 2.28. The molecule has 0 radical (unpaired) electrons. The molecule has 0 aromatic rings. The van der Waals surface area contributed by atoms with Crippen molar-refractivity contribution in [1.82, 2.24) is 0 Å². The van der Waals surface area contributed by atoms with Crippen LogP contribution in [0, 0.1) is 0 Å². The average Bonchev–Trinajstić information content (AvgIpc) is 2.17. The molecule has 1 fully saturated rings. The molecule has 2 N–H and O–H groups in total. The molecule has 0 aromatic heterocycles. The molecule has 1 rings (SSSR count). The number of halogens is 1. The number of alkyl halides is 1. The van der Waals surface area contributed by atoms with Crippen molar-refractivity contribution >= 4 is 7.85 Å². The van der Waals surface area contributed by atoms with E-state index in [4.69, 9.17) is 14.9 Å². The van der Waals surface area contributed by atoms with Gasteiger partial charge in [-0.3, -0.25) is 0 Å². The summed E-state index contributed by atoms with van der Waals surface area (Å²) in [7, 11) is 1.53. The Morgan fingerprint density at radius 3 is 2.40 bits per heavy atom. The highest BCUT2D eigenvalue weighted by atomic mass is 19.1. The molecule has 4 atom stereocenters. The quantitative estimate of drug-likeness (QED) is 0.424. The molecule has 0 aromatic carbocycles. The van der Waals surface area contributed by atoms with Gasteiger partial charge in [0.2, 0.25) is 0 Å². The first-order chi connectivity index (χ1) is 4.66. The fraction of sp³-hybridized carbons (Fsp3) is 1.00. The maximum absolute atomic E-state index is 12.7. The van der Waals surface area contributed by atoms with E-state index >= 15 is 0 Å². The van der Waals surface area contributed by atoms with Crippen LogP contribution in [0.1, 0.15) is 0 Å². The second kappa shape index (κ2) is 2.86. The predicted octanol–water partition coefficient (Wildman–Crippen LogP) is -1.96. The van der Waals surface area contributed by atoms with Gasteiger partial charge in [-0.15, -0.1) is 0 Å². The van der Waals surface area contributed by atoms with Crippen molar-refractivity contribution in [3.05, 3.63) is 0 Å². The van der Waals surface area contributed by atoms with Gasteiger partial charge in [0.25, 0.3) is 0 Å². The predicted molar refractivity (Wildman–Crippen MR) is 35.2 cm³/mol. The molecule has 1 saturated heterocycles. The lowest BCUT2D eigenvalue weighted by atomic mass is 9.94. The van der Waals surface area contributed by atoms with Crippen molar-refractivity contribution in [2.24, 2.45) is 0 Å². The molecule has 0 aliphatic carbocycles. The molecule has 0 amide bonds. The molecule has 5 heteroatoms. The second-order valence-electron chi connectivity index (χ2n) is 2.50. The van der Waals surface area contributed by atoms with Crippen LogP contribution >= 0.6 is 0 Å². The third-order valence-electron chi connectivity index (χ3n) is 1.73. The van der Waals surface area contributed by atoms with Crippen molar-refractivity contribution in [3.8, 4) is 0 Å². The van der Waals surface area contributed by atoms with Crippen molar-refractivity contribution in [1.29, 1.82) is 0 Å². The van der Waals surface area contributed by atoms with E-state index in [2.05, 4.69) is 0 Å². The van der Waals surface area contributed by atoms with Gasteiger partial charge in [-0.05, 0) is 0 Å². The van der Waals surface area contributed by atoms with Gasteiger partial charge < -0.3 is 14.9 Å². The maximum Gasteiger partial charge on any atom is 0.147 e. The number of rotatable bonds is 1. The SMILES string of the molecule is BC1OC(CO)[C@@H](O)C1F. The number of aliphatic hydroxyl groups excluding tert-OH is 2. The van der Waals surface area contributed by atoms with Crippen LogP contribution in [-0.2, 0) is 4.74 Å². The van der Waals surface area contributed by atoms with Gasteiger partial charge in [-0.25, -0.2) is 4.39 Å². The van der Waals surface area contributed by atoms with E-state index in [1.54, 1.807) is 0 Å². The molecule has 0 bridgehead atoms. The summed E-state index contributed by atoms with van der Waals surface area (Å²) in [5.74, 6) is 0. The molecule has 0 saturated carbocycles. The van der Waals surface area contributed by atoms with Gasteiger partial charge in [0.1, 0.15) is 26.2 Å². The molecule has 1 aliphatic rings. The van der Waals surface area contributed by atoms with E-state index in [-0.39, 0.29) is 6.61 Å². The molecule has 58 valence electrons. The maximum atomic E-state index is 12.7. The third-order valence-corrected chi connectivity index (χ3v) is 1.73. The molecule has 10 heavy (non-hydrogen) atoms. The monoisotopic (exact) mass is 148 g/mol. The summed E-state index contributed by atoms with van der Waals surface area (Å²) in [5.41, 5.74) is 0.